The van der Waals surface area contributed by atoms with E-state index in [4.69, 9.17) is 13.8 Å². The molecule has 250 valence electrons. The average Bonchev–Trinajstić information content (AvgIpc) is 3.75. The van der Waals surface area contributed by atoms with Gasteiger partial charge in [-0.2, -0.15) is 0 Å². The van der Waals surface area contributed by atoms with Crippen molar-refractivity contribution >= 4 is 39.8 Å². The van der Waals surface area contributed by atoms with Crippen LogP contribution in [0.5, 0.6) is 0 Å². The van der Waals surface area contributed by atoms with E-state index in [1.54, 1.807) is 0 Å². The Labute approximate surface area is 294 Å². The van der Waals surface area contributed by atoms with Gasteiger partial charge in [-0.15, -0.1) is 0 Å². The average molecular weight is 657 g/mol. The van der Waals surface area contributed by atoms with Gasteiger partial charge in [-0.05, 0) is 105 Å². The fourth-order valence-electron chi connectivity index (χ4n) is 8.83. The van der Waals surface area contributed by atoms with E-state index in [1.807, 2.05) is 0 Å². The molecule has 9 rings (SSSR count). The Balaban J connectivity index is 1.16. The summed E-state index contributed by atoms with van der Waals surface area (Å²) < 4.78 is 13.0. The van der Waals surface area contributed by atoms with Crippen molar-refractivity contribution in [2.24, 2.45) is 16.8 Å². The van der Waals surface area contributed by atoms with Crippen LogP contribution in [0.3, 0.4) is 0 Å². The summed E-state index contributed by atoms with van der Waals surface area (Å²) in [5.41, 5.74) is 11.7. The molecule has 5 aliphatic rings. The lowest BCUT2D eigenvalue weighted by molar-refractivity contribution is 0.301. The van der Waals surface area contributed by atoms with Crippen molar-refractivity contribution in [3.8, 4) is 0 Å². The number of fused-ring (bicyclic) bond motifs is 6. The number of nitrogens with one attached hydrogen (secondary N) is 1. The molecular weight excluding hydrogens is 613 g/mol. The van der Waals surface area contributed by atoms with Crippen molar-refractivity contribution in [3.05, 3.63) is 154 Å². The third-order valence-corrected chi connectivity index (χ3v) is 11.5. The van der Waals surface area contributed by atoms with E-state index in [-0.39, 0.29) is 11.8 Å². The molecule has 3 unspecified atom stereocenters. The molecule has 0 amide bonds. The number of likely N-dealkylation sites (N-methyl/N-ethyl adjacent to an activating group) is 1. The first-order valence-electron chi connectivity index (χ1n) is 18.4. The molecule has 0 aliphatic heterocycles. The van der Waals surface area contributed by atoms with Crippen LogP contribution in [0, 0.1) is 11.8 Å². The summed E-state index contributed by atoms with van der Waals surface area (Å²) in [5.74, 6) is 2.22. The molecular formula is C46H44N2O2. The minimum absolute atomic E-state index is 0.0462. The van der Waals surface area contributed by atoms with Gasteiger partial charge >= 0.3 is 0 Å². The summed E-state index contributed by atoms with van der Waals surface area (Å²) in [6.07, 6.45) is 33.6. The molecule has 4 aromatic rings. The van der Waals surface area contributed by atoms with E-state index in [9.17, 15) is 0 Å². The first-order valence-corrected chi connectivity index (χ1v) is 18.4. The highest BCUT2D eigenvalue weighted by Gasteiger charge is 2.43. The standard InChI is InChI=1S/C46H44N2O2/c1-30(33-25-34(31-13-5-3-6-14-31)27-35(26-33)32-15-7-4-8-16-32)48-46(47-2,36-21-23-40-38-17-9-11-19-42(38)49-44(40)28-36)37-22-24-41-39-18-10-12-20-43(39)50-45(41)29-37/h3,5,7,9-13,15-21,23,26-27,29,33,36,47H,4,6,8,14,22,24-25,28H2,1-2H3. The van der Waals surface area contributed by atoms with Crippen LogP contribution < -0.4 is 5.32 Å². The zero-order chi connectivity index (χ0) is 33.7. The van der Waals surface area contributed by atoms with Crippen molar-refractivity contribution in [3.63, 3.8) is 0 Å². The third-order valence-electron chi connectivity index (χ3n) is 11.5. The molecule has 0 bridgehead atoms. The number of benzene rings is 2. The highest BCUT2D eigenvalue weighted by Crippen LogP contribution is 2.45. The van der Waals surface area contributed by atoms with Crippen LogP contribution in [-0.2, 0) is 12.8 Å². The van der Waals surface area contributed by atoms with E-state index in [2.05, 4.69) is 135 Å². The summed E-state index contributed by atoms with van der Waals surface area (Å²) in [6.45, 7) is 2.25. The quantitative estimate of drug-likeness (QED) is 0.201. The summed E-state index contributed by atoms with van der Waals surface area (Å²) in [5, 5.41) is 6.23. The van der Waals surface area contributed by atoms with Crippen molar-refractivity contribution in [1.29, 1.82) is 0 Å². The minimum atomic E-state index is -0.680. The lowest BCUT2D eigenvalue weighted by atomic mass is 9.75. The van der Waals surface area contributed by atoms with Gasteiger partial charge in [0.15, 0.2) is 0 Å². The van der Waals surface area contributed by atoms with Gasteiger partial charge in [0, 0.05) is 45.9 Å². The van der Waals surface area contributed by atoms with Crippen molar-refractivity contribution in [2.75, 3.05) is 7.05 Å². The molecule has 4 heteroatoms. The Kier molecular flexibility index (Phi) is 7.93. The van der Waals surface area contributed by atoms with Crippen LogP contribution in [0.15, 0.2) is 145 Å². The molecule has 0 saturated heterocycles. The van der Waals surface area contributed by atoms with Crippen molar-refractivity contribution < 1.29 is 8.83 Å². The number of para-hydroxylation sites is 2. The second-order valence-corrected chi connectivity index (χ2v) is 14.4. The topological polar surface area (TPSA) is 50.7 Å². The summed E-state index contributed by atoms with van der Waals surface area (Å²) in [7, 11) is 2.08. The number of aliphatic imine (C=N–C) groups is 1. The molecule has 0 fully saturated rings. The SMILES string of the molecule is CNC(N=C(C)C1C=C(C2=CCCC=C2)C=C(C2=CC=CCC2)C1)(C1=Cc2oc3ccccc3c2CC1)C1C=Cc2c(oc3ccccc23)C1. The number of furan rings is 2. The first kappa shape index (κ1) is 31.1. The van der Waals surface area contributed by atoms with E-state index < -0.39 is 5.66 Å². The van der Waals surface area contributed by atoms with Gasteiger partial charge in [-0.1, -0.05) is 97.2 Å². The predicted molar refractivity (Wildman–Crippen MR) is 207 cm³/mol. The number of aryl methyl sites for hydroxylation is 1. The zero-order valence-corrected chi connectivity index (χ0v) is 29.0. The Bertz CT molecular complexity index is 2290. The molecule has 0 radical (unpaired) electrons. The van der Waals surface area contributed by atoms with Crippen LogP contribution in [-0.4, -0.2) is 18.4 Å². The van der Waals surface area contributed by atoms with Crippen molar-refractivity contribution in [1.82, 2.24) is 5.32 Å². The van der Waals surface area contributed by atoms with Crippen LogP contribution >= 0.6 is 0 Å². The maximum absolute atomic E-state index is 6.52. The molecule has 0 spiro atoms. The third kappa shape index (κ3) is 5.38. The molecule has 4 nitrogen and oxygen atoms in total. The number of allylic oxidation sites excluding steroid dienone is 12. The first-order chi connectivity index (χ1) is 24.6. The zero-order valence-electron chi connectivity index (χ0n) is 29.0. The van der Waals surface area contributed by atoms with Gasteiger partial charge in [0.05, 0.1) is 0 Å². The van der Waals surface area contributed by atoms with Gasteiger partial charge in [0.1, 0.15) is 28.3 Å². The Morgan fingerprint density at radius 3 is 2.46 bits per heavy atom. The maximum atomic E-state index is 6.52. The molecule has 2 aromatic heterocycles. The predicted octanol–water partition coefficient (Wildman–Crippen LogP) is 11.2. The highest BCUT2D eigenvalue weighted by atomic mass is 16.3. The normalized spacial score (nSPS) is 23.1. The molecule has 0 saturated carbocycles. The molecule has 2 aromatic carbocycles. The maximum Gasteiger partial charge on any atom is 0.139 e. The van der Waals surface area contributed by atoms with Crippen LogP contribution in [0.4, 0.5) is 0 Å². The van der Waals surface area contributed by atoms with E-state index >= 15 is 0 Å². The largest absolute Gasteiger partial charge is 0.460 e. The number of hydrogen-bond donors (Lipinski definition) is 1. The monoisotopic (exact) mass is 656 g/mol. The van der Waals surface area contributed by atoms with Gasteiger partial charge < -0.3 is 8.83 Å². The Morgan fingerprint density at radius 2 is 1.66 bits per heavy atom. The van der Waals surface area contributed by atoms with E-state index in [1.165, 1.54) is 49.8 Å². The molecule has 5 aliphatic carbocycles. The van der Waals surface area contributed by atoms with Crippen LogP contribution in [0.1, 0.15) is 68.1 Å². The molecule has 3 atom stereocenters. The van der Waals surface area contributed by atoms with E-state index in [0.29, 0.717) is 0 Å². The second kappa shape index (κ2) is 12.8. The number of nitrogens with zero attached hydrogens (tertiary/aromatic N) is 1. The van der Waals surface area contributed by atoms with Crippen LogP contribution in [0.2, 0.25) is 0 Å². The van der Waals surface area contributed by atoms with Gasteiger partial charge in [-0.25, -0.2) is 0 Å². The van der Waals surface area contributed by atoms with Gasteiger partial charge in [0.25, 0.3) is 0 Å². The minimum Gasteiger partial charge on any atom is -0.460 e. The van der Waals surface area contributed by atoms with Crippen LogP contribution in [0.25, 0.3) is 34.1 Å². The number of hydrogen-bond acceptors (Lipinski definition) is 4. The smallest absolute Gasteiger partial charge is 0.139 e. The van der Waals surface area contributed by atoms with Crippen molar-refractivity contribution in [2.45, 2.75) is 64.0 Å². The fraction of sp³-hybridized carbons (Fsp3) is 0.283. The lowest BCUT2D eigenvalue weighted by Gasteiger charge is -2.41. The van der Waals surface area contributed by atoms with E-state index in [0.717, 1.165) is 79.8 Å². The molecule has 50 heavy (non-hydrogen) atoms. The Hall–Kier alpha value is -4.93. The highest BCUT2D eigenvalue weighted by molar-refractivity contribution is 5.91. The summed E-state index contributed by atoms with van der Waals surface area (Å²) >= 11 is 0. The summed E-state index contributed by atoms with van der Waals surface area (Å²) in [4.78, 5) is 5.87. The van der Waals surface area contributed by atoms with Gasteiger partial charge in [0.2, 0.25) is 0 Å². The summed E-state index contributed by atoms with van der Waals surface area (Å²) in [6, 6.07) is 16.8. The number of rotatable bonds is 7. The fourth-order valence-corrected chi connectivity index (χ4v) is 8.83. The lowest BCUT2D eigenvalue weighted by Crippen LogP contribution is -2.51. The Morgan fingerprint density at radius 1 is 0.820 bits per heavy atom. The molecule has 2 heterocycles. The molecule has 1 N–H and O–H groups in total. The second-order valence-electron chi connectivity index (χ2n) is 14.4. The van der Waals surface area contributed by atoms with Gasteiger partial charge in [-0.3, -0.25) is 10.3 Å².